The second kappa shape index (κ2) is 6.89. The minimum Gasteiger partial charge on any atom is -0.364 e. The molecule has 3 aromatic rings. The minimum atomic E-state index is -3.46. The first-order valence-corrected chi connectivity index (χ1v) is 10.7. The highest BCUT2D eigenvalue weighted by Gasteiger charge is 2.51. The second-order valence-electron chi connectivity index (χ2n) is 7.58. The molecule has 12 heteroatoms. The molecule has 0 aromatic carbocycles. The quantitative estimate of drug-likeness (QED) is 0.580. The lowest BCUT2D eigenvalue weighted by Gasteiger charge is -2.48. The van der Waals surface area contributed by atoms with Crippen molar-refractivity contribution in [2.75, 3.05) is 13.1 Å². The van der Waals surface area contributed by atoms with Gasteiger partial charge in [-0.1, -0.05) is 0 Å². The summed E-state index contributed by atoms with van der Waals surface area (Å²) in [7, 11) is -3.46. The third-order valence-corrected chi connectivity index (χ3v) is 7.52. The van der Waals surface area contributed by atoms with Gasteiger partial charge in [-0.3, -0.25) is 9.48 Å². The standard InChI is InChI=1S/C18H20N8O3S/c1-11(2)30(28,29)25-8-18(9-25,4-5-19)26-7-13(15(24-26)16(20)27)14-12-3-6-21-17(12)23-10-22-14/h3,6-7,10-11H,4,8-9H2,1-2H3,(H2,20,27)(H,21,22,23). The Labute approximate surface area is 172 Å². The van der Waals surface area contributed by atoms with E-state index in [1.54, 1.807) is 32.3 Å². The molecule has 1 amide bonds. The fourth-order valence-electron chi connectivity index (χ4n) is 3.63. The summed E-state index contributed by atoms with van der Waals surface area (Å²) in [5.41, 5.74) is 6.14. The summed E-state index contributed by atoms with van der Waals surface area (Å²) in [6, 6.07) is 3.88. The molecule has 1 aliphatic heterocycles. The van der Waals surface area contributed by atoms with Gasteiger partial charge in [0, 0.05) is 30.9 Å². The molecular formula is C18H20N8O3S. The van der Waals surface area contributed by atoms with Gasteiger partial charge in [0.25, 0.3) is 5.91 Å². The molecule has 3 N–H and O–H groups in total. The summed E-state index contributed by atoms with van der Waals surface area (Å²) in [6.07, 6.45) is 4.70. The van der Waals surface area contributed by atoms with Crippen LogP contribution in [0.2, 0.25) is 0 Å². The molecule has 11 nitrogen and oxygen atoms in total. The molecule has 0 radical (unpaired) electrons. The number of rotatable bonds is 6. The fourth-order valence-corrected chi connectivity index (χ4v) is 5.07. The van der Waals surface area contributed by atoms with E-state index in [0.717, 1.165) is 0 Å². The van der Waals surface area contributed by atoms with Gasteiger partial charge in [0.15, 0.2) is 5.69 Å². The average Bonchev–Trinajstić information content (AvgIpc) is 3.30. The lowest BCUT2D eigenvalue weighted by atomic mass is 9.89. The van der Waals surface area contributed by atoms with Gasteiger partial charge in [0.2, 0.25) is 10.0 Å². The van der Waals surface area contributed by atoms with Crippen molar-refractivity contribution in [3.8, 4) is 17.3 Å². The Morgan fingerprint density at radius 1 is 1.40 bits per heavy atom. The second-order valence-corrected chi connectivity index (χ2v) is 10.1. The Bertz CT molecular complexity index is 1280. The first kappa shape index (κ1) is 20.0. The number of amides is 1. The molecule has 4 heterocycles. The Hall–Kier alpha value is -3.30. The summed E-state index contributed by atoms with van der Waals surface area (Å²) in [4.78, 5) is 23.5. The van der Waals surface area contributed by atoms with Crippen molar-refractivity contribution in [1.82, 2.24) is 29.0 Å². The van der Waals surface area contributed by atoms with Gasteiger partial charge in [0.1, 0.15) is 17.5 Å². The maximum Gasteiger partial charge on any atom is 0.269 e. The number of aromatic nitrogens is 5. The molecule has 0 spiro atoms. The van der Waals surface area contributed by atoms with Gasteiger partial charge in [-0.15, -0.1) is 0 Å². The SMILES string of the molecule is CC(C)S(=O)(=O)N1CC(CC#N)(n2cc(-c3ncnc4[nH]ccc34)c(C(N)=O)n2)C1. The van der Waals surface area contributed by atoms with Crippen LogP contribution in [0.15, 0.2) is 24.8 Å². The number of hydrogen-bond acceptors (Lipinski definition) is 7. The first-order valence-electron chi connectivity index (χ1n) is 9.24. The molecule has 3 aromatic heterocycles. The predicted octanol–water partition coefficient (Wildman–Crippen LogP) is 0.583. The first-order chi connectivity index (χ1) is 14.2. The molecule has 156 valence electrons. The number of nitrogens with two attached hydrogens (primary N) is 1. The average molecular weight is 428 g/mol. The van der Waals surface area contributed by atoms with Crippen LogP contribution in [0.4, 0.5) is 0 Å². The van der Waals surface area contributed by atoms with E-state index < -0.39 is 26.7 Å². The van der Waals surface area contributed by atoms with Gasteiger partial charge in [-0.05, 0) is 19.9 Å². The molecule has 0 saturated carbocycles. The molecule has 0 unspecified atom stereocenters. The van der Waals surface area contributed by atoms with Crippen LogP contribution in [0.25, 0.3) is 22.3 Å². The van der Waals surface area contributed by atoms with Crippen molar-refractivity contribution in [1.29, 1.82) is 5.26 Å². The van der Waals surface area contributed by atoms with Gasteiger partial charge in [0.05, 0.1) is 29.0 Å². The Morgan fingerprint density at radius 3 is 2.77 bits per heavy atom. The molecule has 4 rings (SSSR count). The molecular weight excluding hydrogens is 408 g/mol. The third-order valence-electron chi connectivity index (χ3n) is 5.35. The highest BCUT2D eigenvalue weighted by atomic mass is 32.2. The summed E-state index contributed by atoms with van der Waals surface area (Å²) < 4.78 is 27.8. The van der Waals surface area contributed by atoms with Crippen LogP contribution in [0.1, 0.15) is 30.8 Å². The largest absolute Gasteiger partial charge is 0.364 e. The van der Waals surface area contributed by atoms with E-state index in [2.05, 4.69) is 26.1 Å². The van der Waals surface area contributed by atoms with E-state index in [1.165, 1.54) is 15.3 Å². The van der Waals surface area contributed by atoms with Crippen molar-refractivity contribution in [3.05, 3.63) is 30.5 Å². The number of nitrogens with zero attached hydrogens (tertiary/aromatic N) is 6. The van der Waals surface area contributed by atoms with E-state index in [9.17, 15) is 18.5 Å². The highest BCUT2D eigenvalue weighted by Crippen LogP contribution is 2.37. The zero-order valence-corrected chi connectivity index (χ0v) is 17.2. The number of carbonyl (C=O) groups is 1. The summed E-state index contributed by atoms with van der Waals surface area (Å²) in [5, 5.41) is 13.8. The van der Waals surface area contributed by atoms with Crippen LogP contribution in [-0.2, 0) is 15.6 Å². The summed E-state index contributed by atoms with van der Waals surface area (Å²) in [6.45, 7) is 3.38. The van der Waals surface area contributed by atoms with E-state index >= 15 is 0 Å². The molecule has 1 fully saturated rings. The number of fused-ring (bicyclic) bond motifs is 1. The lowest BCUT2D eigenvalue weighted by molar-refractivity contribution is 0.0702. The predicted molar refractivity (Wildman–Crippen MR) is 107 cm³/mol. The summed E-state index contributed by atoms with van der Waals surface area (Å²) >= 11 is 0. The van der Waals surface area contributed by atoms with Crippen molar-refractivity contribution < 1.29 is 13.2 Å². The molecule has 1 saturated heterocycles. The fraction of sp³-hybridized carbons (Fsp3) is 0.389. The van der Waals surface area contributed by atoms with Crippen LogP contribution >= 0.6 is 0 Å². The number of H-pyrrole nitrogens is 1. The van der Waals surface area contributed by atoms with Crippen LogP contribution in [0, 0.1) is 11.3 Å². The van der Waals surface area contributed by atoms with Crippen molar-refractivity contribution in [3.63, 3.8) is 0 Å². The van der Waals surface area contributed by atoms with Gasteiger partial charge >= 0.3 is 0 Å². The number of sulfonamides is 1. The van der Waals surface area contributed by atoms with Crippen LogP contribution in [0.5, 0.6) is 0 Å². The number of carbonyl (C=O) groups excluding carboxylic acids is 1. The van der Waals surface area contributed by atoms with Crippen molar-refractivity contribution in [2.24, 2.45) is 5.73 Å². The van der Waals surface area contributed by atoms with E-state index in [1.807, 2.05) is 0 Å². The Kier molecular flexibility index (Phi) is 4.59. The topological polar surface area (TPSA) is 164 Å². The monoisotopic (exact) mass is 428 g/mol. The molecule has 30 heavy (non-hydrogen) atoms. The van der Waals surface area contributed by atoms with Gasteiger partial charge in [-0.25, -0.2) is 18.4 Å². The van der Waals surface area contributed by atoms with Crippen LogP contribution < -0.4 is 5.73 Å². The van der Waals surface area contributed by atoms with Crippen molar-refractivity contribution >= 4 is 27.0 Å². The van der Waals surface area contributed by atoms with E-state index in [0.29, 0.717) is 22.3 Å². The Balaban J connectivity index is 1.80. The lowest BCUT2D eigenvalue weighted by Crippen LogP contribution is -2.65. The number of nitrogens with one attached hydrogen (secondary N) is 1. The normalized spacial score (nSPS) is 16.5. The molecule has 1 aliphatic rings. The van der Waals surface area contributed by atoms with Gasteiger partial charge in [-0.2, -0.15) is 14.7 Å². The third kappa shape index (κ3) is 2.94. The zero-order valence-electron chi connectivity index (χ0n) is 16.4. The van der Waals surface area contributed by atoms with Crippen LogP contribution in [0.3, 0.4) is 0 Å². The summed E-state index contributed by atoms with van der Waals surface area (Å²) in [5.74, 6) is -0.746. The number of nitriles is 1. The number of aromatic amines is 1. The smallest absolute Gasteiger partial charge is 0.269 e. The van der Waals surface area contributed by atoms with Crippen LogP contribution in [-0.4, -0.2) is 61.7 Å². The maximum absolute atomic E-state index is 12.5. The zero-order chi connectivity index (χ0) is 21.7. The maximum atomic E-state index is 12.5. The minimum absolute atomic E-state index is 0.00122. The van der Waals surface area contributed by atoms with Crippen molar-refractivity contribution in [2.45, 2.75) is 31.1 Å². The Morgan fingerprint density at radius 2 is 2.13 bits per heavy atom. The molecule has 0 aliphatic carbocycles. The number of primary amides is 1. The molecule has 0 atom stereocenters. The van der Waals surface area contributed by atoms with E-state index in [-0.39, 0.29) is 25.2 Å². The van der Waals surface area contributed by atoms with Gasteiger partial charge < -0.3 is 10.7 Å². The molecule has 0 bridgehead atoms. The highest BCUT2D eigenvalue weighted by molar-refractivity contribution is 7.89. The number of hydrogen-bond donors (Lipinski definition) is 2. The van der Waals surface area contributed by atoms with E-state index in [4.69, 9.17) is 5.73 Å².